The van der Waals surface area contributed by atoms with E-state index < -0.39 is 16.1 Å². The van der Waals surface area contributed by atoms with Gasteiger partial charge in [-0.3, -0.25) is 0 Å². The molecule has 20 heavy (non-hydrogen) atoms. The number of sulfonamides is 1. The van der Waals surface area contributed by atoms with Crippen LogP contribution in [0.15, 0.2) is 17.0 Å². The monoisotopic (exact) mass is 340 g/mol. The van der Waals surface area contributed by atoms with Crippen LogP contribution in [0.25, 0.3) is 0 Å². The number of hydrogen-bond acceptors (Lipinski definition) is 4. The number of hydrogen-bond donors (Lipinski definition) is 3. The number of aliphatic hydroxyl groups is 1. The summed E-state index contributed by atoms with van der Waals surface area (Å²) in [5.41, 5.74) is 5.63. The Morgan fingerprint density at radius 2 is 1.95 bits per heavy atom. The highest BCUT2D eigenvalue weighted by Crippen LogP contribution is 2.33. The Bertz CT molecular complexity index is 576. The Hall–Kier alpha value is -0.530. The predicted molar refractivity (Wildman–Crippen MR) is 81.5 cm³/mol. The van der Waals surface area contributed by atoms with Crippen LogP contribution in [0.3, 0.4) is 0 Å². The van der Waals surface area contributed by atoms with Gasteiger partial charge in [0.05, 0.1) is 22.3 Å². The van der Waals surface area contributed by atoms with Crippen molar-refractivity contribution in [3.8, 4) is 0 Å². The van der Waals surface area contributed by atoms with Gasteiger partial charge in [0.1, 0.15) is 4.90 Å². The van der Waals surface area contributed by atoms with Crippen molar-refractivity contribution in [3.63, 3.8) is 0 Å². The molecule has 0 aromatic heterocycles. The quantitative estimate of drug-likeness (QED) is 0.692. The van der Waals surface area contributed by atoms with E-state index >= 15 is 0 Å². The normalized spacial score (nSPS) is 13.7. The van der Waals surface area contributed by atoms with Crippen molar-refractivity contribution < 1.29 is 13.5 Å². The molecule has 0 amide bonds. The van der Waals surface area contributed by atoms with E-state index in [2.05, 4.69) is 4.72 Å². The van der Waals surface area contributed by atoms with Crippen LogP contribution in [-0.2, 0) is 10.0 Å². The molecule has 1 aromatic carbocycles. The van der Waals surface area contributed by atoms with Gasteiger partial charge in [-0.05, 0) is 24.5 Å². The first kappa shape index (κ1) is 17.5. The van der Waals surface area contributed by atoms with Crippen molar-refractivity contribution in [2.45, 2.75) is 31.2 Å². The van der Waals surface area contributed by atoms with Gasteiger partial charge in [-0.25, -0.2) is 13.1 Å². The van der Waals surface area contributed by atoms with E-state index in [1.54, 1.807) is 0 Å². The van der Waals surface area contributed by atoms with Gasteiger partial charge in [0.25, 0.3) is 0 Å². The molecule has 0 saturated heterocycles. The number of anilines is 1. The second-order valence-corrected chi connectivity index (χ2v) is 7.37. The highest BCUT2D eigenvalue weighted by molar-refractivity contribution is 7.89. The van der Waals surface area contributed by atoms with Crippen LogP contribution < -0.4 is 10.5 Å². The molecule has 0 saturated carbocycles. The van der Waals surface area contributed by atoms with Gasteiger partial charge in [-0.15, -0.1) is 0 Å². The molecule has 0 fully saturated rings. The minimum atomic E-state index is -3.87. The van der Waals surface area contributed by atoms with Crippen LogP contribution in [0.5, 0.6) is 0 Å². The number of aliphatic hydroxyl groups excluding tert-OH is 1. The number of nitrogen functional groups attached to an aromatic ring is 1. The highest BCUT2D eigenvalue weighted by Gasteiger charge is 2.24. The fourth-order valence-electron chi connectivity index (χ4n) is 1.77. The summed E-state index contributed by atoms with van der Waals surface area (Å²) in [5.74, 6) is 0.237. The average molecular weight is 341 g/mol. The zero-order valence-corrected chi connectivity index (χ0v) is 13.6. The fraction of sp³-hybridized carbons (Fsp3) is 0.500. The molecule has 4 N–H and O–H groups in total. The standard InChI is InChI=1S/C12H18Cl2N2O3S/c1-7(2)5-8(6-17)16-20(18,19)10-4-3-9(13)12(15)11(10)14/h3-4,7-8,16-17H,5-6,15H2,1-2H3. The minimum Gasteiger partial charge on any atom is -0.396 e. The SMILES string of the molecule is CC(C)CC(CO)NS(=O)(=O)c1ccc(Cl)c(N)c1Cl. The van der Waals surface area contributed by atoms with Crippen molar-refractivity contribution in [2.75, 3.05) is 12.3 Å². The predicted octanol–water partition coefficient (Wildman–Crippen LogP) is 2.26. The van der Waals surface area contributed by atoms with Gasteiger partial charge < -0.3 is 10.8 Å². The first-order chi connectivity index (χ1) is 9.19. The molecule has 1 aromatic rings. The maximum atomic E-state index is 12.3. The van der Waals surface area contributed by atoms with Gasteiger partial charge in [0, 0.05) is 6.04 Å². The van der Waals surface area contributed by atoms with Crippen molar-refractivity contribution in [2.24, 2.45) is 5.92 Å². The van der Waals surface area contributed by atoms with E-state index in [0.29, 0.717) is 6.42 Å². The summed E-state index contributed by atoms with van der Waals surface area (Å²) in [4.78, 5) is -0.150. The summed E-state index contributed by atoms with van der Waals surface area (Å²) in [6, 6.07) is 2.08. The zero-order valence-electron chi connectivity index (χ0n) is 11.2. The summed E-state index contributed by atoms with van der Waals surface area (Å²) >= 11 is 11.7. The van der Waals surface area contributed by atoms with Crippen LogP contribution >= 0.6 is 23.2 Å². The molecule has 1 atom stereocenters. The lowest BCUT2D eigenvalue weighted by atomic mass is 10.1. The van der Waals surface area contributed by atoms with Crippen molar-refractivity contribution in [1.82, 2.24) is 4.72 Å². The maximum absolute atomic E-state index is 12.3. The van der Waals surface area contributed by atoms with Crippen LogP contribution in [0.1, 0.15) is 20.3 Å². The molecule has 1 rings (SSSR count). The Morgan fingerprint density at radius 3 is 2.45 bits per heavy atom. The maximum Gasteiger partial charge on any atom is 0.242 e. The number of nitrogens with one attached hydrogen (secondary N) is 1. The first-order valence-corrected chi connectivity index (χ1v) is 8.29. The molecular formula is C12H18Cl2N2O3S. The molecule has 0 bridgehead atoms. The molecule has 0 heterocycles. The topological polar surface area (TPSA) is 92.4 Å². The lowest BCUT2D eigenvalue weighted by molar-refractivity contribution is 0.240. The summed E-state index contributed by atoms with van der Waals surface area (Å²) in [6.07, 6.45) is 0.510. The van der Waals surface area contributed by atoms with Gasteiger partial charge in [0.2, 0.25) is 10.0 Å². The average Bonchev–Trinajstić information content (AvgIpc) is 2.33. The molecule has 0 radical (unpaired) electrons. The Morgan fingerprint density at radius 1 is 1.35 bits per heavy atom. The zero-order chi connectivity index (χ0) is 15.5. The fourth-order valence-corrected chi connectivity index (χ4v) is 3.77. The van der Waals surface area contributed by atoms with Crippen LogP contribution in [0.2, 0.25) is 10.0 Å². The molecule has 5 nitrogen and oxygen atoms in total. The van der Waals surface area contributed by atoms with Crippen molar-refractivity contribution in [3.05, 3.63) is 22.2 Å². The lowest BCUT2D eigenvalue weighted by Crippen LogP contribution is -2.38. The Balaban J connectivity index is 3.08. The summed E-state index contributed by atoms with van der Waals surface area (Å²) in [5, 5.41) is 9.32. The Labute approximate surface area is 129 Å². The highest BCUT2D eigenvalue weighted by atomic mass is 35.5. The van der Waals surface area contributed by atoms with Gasteiger partial charge in [-0.2, -0.15) is 0 Å². The lowest BCUT2D eigenvalue weighted by Gasteiger charge is -2.19. The molecule has 0 spiro atoms. The van der Waals surface area contributed by atoms with Crippen LogP contribution in [-0.4, -0.2) is 26.2 Å². The molecule has 0 aliphatic heterocycles. The summed E-state index contributed by atoms with van der Waals surface area (Å²) in [7, 11) is -3.87. The molecule has 8 heteroatoms. The van der Waals surface area contributed by atoms with Gasteiger partial charge in [0.15, 0.2) is 0 Å². The third-order valence-electron chi connectivity index (χ3n) is 2.68. The van der Waals surface area contributed by atoms with E-state index in [1.165, 1.54) is 12.1 Å². The number of halogens is 2. The van der Waals surface area contributed by atoms with E-state index in [1.807, 2.05) is 13.8 Å². The second kappa shape index (κ2) is 6.95. The van der Waals surface area contributed by atoms with Gasteiger partial charge in [-0.1, -0.05) is 37.0 Å². The smallest absolute Gasteiger partial charge is 0.242 e. The summed E-state index contributed by atoms with van der Waals surface area (Å²) in [6.45, 7) is 3.58. The van der Waals surface area contributed by atoms with E-state index in [9.17, 15) is 13.5 Å². The molecule has 0 aliphatic rings. The van der Waals surface area contributed by atoms with E-state index in [0.717, 1.165) is 0 Å². The number of nitrogens with two attached hydrogens (primary N) is 1. The van der Waals surface area contributed by atoms with E-state index in [4.69, 9.17) is 28.9 Å². The second-order valence-electron chi connectivity index (χ2n) is 4.90. The van der Waals surface area contributed by atoms with Crippen molar-refractivity contribution >= 4 is 38.9 Å². The van der Waals surface area contributed by atoms with Gasteiger partial charge >= 0.3 is 0 Å². The van der Waals surface area contributed by atoms with Crippen molar-refractivity contribution in [1.29, 1.82) is 0 Å². The third-order valence-corrected chi connectivity index (χ3v) is 5.09. The minimum absolute atomic E-state index is 0.0145. The number of benzene rings is 1. The van der Waals surface area contributed by atoms with E-state index in [-0.39, 0.29) is 33.2 Å². The largest absolute Gasteiger partial charge is 0.396 e. The Kier molecular flexibility index (Phi) is 6.09. The molecule has 1 unspecified atom stereocenters. The molecule has 114 valence electrons. The van der Waals surface area contributed by atoms with Crippen LogP contribution in [0, 0.1) is 5.92 Å². The van der Waals surface area contributed by atoms with Crippen LogP contribution in [0.4, 0.5) is 5.69 Å². The number of rotatable bonds is 6. The third kappa shape index (κ3) is 4.23. The molecular weight excluding hydrogens is 323 g/mol. The first-order valence-electron chi connectivity index (χ1n) is 6.05. The summed E-state index contributed by atoms with van der Waals surface area (Å²) < 4.78 is 26.9. The molecule has 0 aliphatic carbocycles.